The van der Waals surface area contributed by atoms with Crippen molar-refractivity contribution in [3.8, 4) is 0 Å². The fraction of sp³-hybridized carbons (Fsp3) is 0.125. The lowest BCUT2D eigenvalue weighted by Crippen LogP contribution is -2.37. The number of nitrogens with zero attached hydrogens (tertiary/aromatic N) is 2. The predicted octanol–water partition coefficient (Wildman–Crippen LogP) is 3.45. The van der Waals surface area contributed by atoms with E-state index in [1.54, 1.807) is 12.1 Å². The Morgan fingerprint density at radius 1 is 0.882 bits per heavy atom. The van der Waals surface area contributed by atoms with Crippen LogP contribution in [0.1, 0.15) is 17.2 Å². The van der Waals surface area contributed by atoms with E-state index in [0.29, 0.717) is 11.1 Å². The second kappa shape index (κ2) is 8.14. The number of rotatable bonds is 4. The number of amidine groups is 1. The van der Waals surface area contributed by atoms with Crippen LogP contribution >= 0.6 is 0 Å². The normalized spacial score (nSPS) is 21.1. The summed E-state index contributed by atoms with van der Waals surface area (Å²) in [4.78, 5) is 28.3. The molecule has 5 rings (SSSR count). The van der Waals surface area contributed by atoms with Crippen molar-refractivity contribution >= 4 is 33.2 Å². The quantitative estimate of drug-likeness (QED) is 0.576. The summed E-state index contributed by atoms with van der Waals surface area (Å²) in [5, 5.41) is 2.82. The van der Waals surface area contributed by atoms with Crippen LogP contribution < -0.4 is 5.32 Å². The second-order valence-electron chi connectivity index (χ2n) is 7.95. The number of Topliss-reactive ketones (excluding diaryl/α,β-unsaturated/α-hetero) is 1. The van der Waals surface area contributed by atoms with Crippen molar-refractivity contribution in [2.45, 2.75) is 17.5 Å². The molecule has 10 heteroatoms. The number of para-hydroxylation sites is 1. The highest BCUT2D eigenvalue weighted by molar-refractivity contribution is 7.90. The Labute approximate surface area is 193 Å². The molecule has 0 spiro atoms. The summed E-state index contributed by atoms with van der Waals surface area (Å²) in [6.07, 6.45) is 0. The molecule has 1 saturated heterocycles. The third-order valence-corrected chi connectivity index (χ3v) is 7.12. The largest absolute Gasteiger partial charge is 0.341 e. The number of halogens is 2. The van der Waals surface area contributed by atoms with E-state index in [9.17, 15) is 26.8 Å². The number of hydrogen-bond donors (Lipinski definition) is 1. The van der Waals surface area contributed by atoms with Gasteiger partial charge >= 0.3 is 0 Å². The Morgan fingerprint density at radius 3 is 2.18 bits per heavy atom. The maximum Gasteiger partial charge on any atom is 0.286 e. The van der Waals surface area contributed by atoms with Gasteiger partial charge in [0, 0.05) is 6.54 Å². The van der Waals surface area contributed by atoms with Crippen LogP contribution in [0.2, 0.25) is 0 Å². The predicted molar refractivity (Wildman–Crippen MR) is 119 cm³/mol. The minimum absolute atomic E-state index is 0.0417. The van der Waals surface area contributed by atoms with Crippen LogP contribution in [0.3, 0.4) is 0 Å². The van der Waals surface area contributed by atoms with Crippen molar-refractivity contribution in [1.82, 2.24) is 4.90 Å². The van der Waals surface area contributed by atoms with Gasteiger partial charge in [-0.3, -0.25) is 9.59 Å². The van der Waals surface area contributed by atoms with E-state index in [4.69, 9.17) is 0 Å². The van der Waals surface area contributed by atoms with Crippen LogP contribution in [-0.2, 0) is 26.2 Å². The van der Waals surface area contributed by atoms with E-state index in [1.807, 2.05) is 0 Å². The Balaban J connectivity index is 1.57. The van der Waals surface area contributed by atoms with Gasteiger partial charge in [0.2, 0.25) is 5.91 Å². The molecule has 34 heavy (non-hydrogen) atoms. The van der Waals surface area contributed by atoms with Gasteiger partial charge in [0.25, 0.3) is 10.0 Å². The number of fused-ring (bicyclic) bond motifs is 1. The lowest BCUT2D eigenvalue weighted by Gasteiger charge is -2.24. The van der Waals surface area contributed by atoms with Crippen LogP contribution in [0.15, 0.2) is 82.1 Å². The van der Waals surface area contributed by atoms with E-state index in [-0.39, 0.29) is 23.0 Å². The average molecular weight is 481 g/mol. The molecule has 172 valence electrons. The molecule has 0 aromatic heterocycles. The van der Waals surface area contributed by atoms with Crippen LogP contribution in [0, 0.1) is 17.6 Å². The van der Waals surface area contributed by atoms with E-state index >= 15 is 0 Å². The van der Waals surface area contributed by atoms with Crippen molar-refractivity contribution < 1.29 is 26.8 Å². The van der Waals surface area contributed by atoms with E-state index < -0.39 is 45.3 Å². The smallest absolute Gasteiger partial charge is 0.286 e. The maximum atomic E-state index is 13.5. The highest BCUT2D eigenvalue weighted by Crippen LogP contribution is 2.38. The van der Waals surface area contributed by atoms with Gasteiger partial charge in [-0.25, -0.2) is 8.78 Å². The van der Waals surface area contributed by atoms with Crippen molar-refractivity contribution in [2.24, 2.45) is 10.3 Å². The third kappa shape index (κ3) is 3.75. The number of hydrogen-bond acceptors (Lipinski definition) is 5. The highest BCUT2D eigenvalue weighted by atomic mass is 32.2. The number of amides is 1. The van der Waals surface area contributed by atoms with Gasteiger partial charge in [0.15, 0.2) is 11.7 Å². The summed E-state index contributed by atoms with van der Waals surface area (Å²) in [6.45, 7) is -0.0417. The molecule has 7 nitrogen and oxygen atoms in total. The minimum atomic E-state index is -4.13. The van der Waals surface area contributed by atoms with Crippen molar-refractivity contribution in [3.05, 3.63) is 95.6 Å². The monoisotopic (exact) mass is 481 g/mol. The first-order valence-corrected chi connectivity index (χ1v) is 11.7. The number of likely N-dealkylation sites (tertiary alicyclic amines) is 1. The van der Waals surface area contributed by atoms with E-state index in [0.717, 1.165) is 0 Å². The van der Waals surface area contributed by atoms with Gasteiger partial charge in [-0.15, -0.1) is 4.40 Å². The SMILES string of the molecule is O=C1C(C2=NS(=O)(=O)c3ccccc3N2)C(=O)N(Cc2ccc(F)cc2)[C@H]1c1ccc(F)cc1. The summed E-state index contributed by atoms with van der Waals surface area (Å²) < 4.78 is 56.0. The first-order chi connectivity index (χ1) is 16.2. The van der Waals surface area contributed by atoms with Gasteiger partial charge in [0.1, 0.15) is 28.4 Å². The van der Waals surface area contributed by atoms with E-state index in [1.165, 1.54) is 65.6 Å². The molecular weight excluding hydrogens is 464 g/mol. The van der Waals surface area contributed by atoms with Crippen molar-refractivity contribution in [1.29, 1.82) is 0 Å². The molecule has 1 fully saturated rings. The van der Waals surface area contributed by atoms with Gasteiger partial charge in [-0.2, -0.15) is 8.42 Å². The van der Waals surface area contributed by atoms with E-state index in [2.05, 4.69) is 9.71 Å². The average Bonchev–Trinajstić information content (AvgIpc) is 3.05. The summed E-state index contributed by atoms with van der Waals surface area (Å²) in [7, 11) is -4.13. The molecule has 3 aromatic rings. The Morgan fingerprint density at radius 2 is 1.50 bits per heavy atom. The fourth-order valence-corrected chi connectivity index (χ4v) is 5.34. The van der Waals surface area contributed by atoms with Crippen molar-refractivity contribution in [3.63, 3.8) is 0 Å². The number of benzene rings is 3. The Hall–Kier alpha value is -3.92. The standard InChI is InChI=1S/C24H17F2N3O4S/c25-16-9-5-14(6-10-16)13-29-21(15-7-11-17(26)12-8-15)22(30)20(24(29)31)23-27-18-3-1-2-4-19(18)34(32,33)28-23/h1-12,20-21H,13H2,(H,27,28)/t20?,21-/m0/s1. The molecule has 2 atom stereocenters. The molecule has 2 aliphatic rings. The first-order valence-electron chi connectivity index (χ1n) is 10.3. The first kappa shape index (κ1) is 21.9. The van der Waals surface area contributed by atoms with Crippen LogP contribution in [0.25, 0.3) is 0 Å². The lowest BCUT2D eigenvalue weighted by molar-refractivity contribution is -0.131. The Kier molecular flexibility index (Phi) is 5.24. The zero-order valence-electron chi connectivity index (χ0n) is 17.5. The fourth-order valence-electron chi connectivity index (χ4n) is 4.18. The molecule has 2 aliphatic heterocycles. The summed E-state index contributed by atoms with van der Waals surface area (Å²) >= 11 is 0. The molecular formula is C24H17F2N3O4S. The molecule has 1 N–H and O–H groups in total. The van der Waals surface area contributed by atoms with Gasteiger partial charge in [-0.1, -0.05) is 36.4 Å². The molecule has 2 heterocycles. The molecule has 1 unspecified atom stereocenters. The lowest BCUT2D eigenvalue weighted by atomic mass is 9.96. The zero-order chi connectivity index (χ0) is 24.0. The number of sulfonamides is 1. The summed E-state index contributed by atoms with van der Waals surface area (Å²) in [5.74, 6) is -4.02. The van der Waals surface area contributed by atoms with Gasteiger partial charge in [0.05, 0.1) is 5.69 Å². The minimum Gasteiger partial charge on any atom is -0.341 e. The molecule has 0 radical (unpaired) electrons. The highest BCUT2D eigenvalue weighted by Gasteiger charge is 2.51. The summed E-state index contributed by atoms with van der Waals surface area (Å²) in [5.41, 5.74) is 1.14. The van der Waals surface area contributed by atoms with Gasteiger partial charge < -0.3 is 10.2 Å². The molecule has 1 amide bonds. The van der Waals surface area contributed by atoms with Gasteiger partial charge in [-0.05, 0) is 47.5 Å². The van der Waals surface area contributed by atoms with Crippen LogP contribution in [0.4, 0.5) is 14.5 Å². The number of ketones is 1. The van der Waals surface area contributed by atoms with Crippen LogP contribution in [0.5, 0.6) is 0 Å². The number of carbonyl (C=O) groups is 2. The third-order valence-electron chi connectivity index (χ3n) is 5.77. The topological polar surface area (TPSA) is 95.9 Å². The second-order valence-corrected chi connectivity index (χ2v) is 9.53. The maximum absolute atomic E-state index is 13.5. The number of anilines is 1. The number of nitrogens with one attached hydrogen (secondary N) is 1. The summed E-state index contributed by atoms with van der Waals surface area (Å²) in [6, 6.07) is 15.5. The number of carbonyl (C=O) groups excluding carboxylic acids is 2. The van der Waals surface area contributed by atoms with Crippen molar-refractivity contribution in [2.75, 3.05) is 5.32 Å². The van der Waals surface area contributed by atoms with Crippen LogP contribution in [-0.4, -0.2) is 30.8 Å². The molecule has 0 saturated carbocycles. The molecule has 3 aromatic carbocycles. The molecule has 0 bridgehead atoms. The Bertz CT molecular complexity index is 1440. The molecule has 0 aliphatic carbocycles. The zero-order valence-corrected chi connectivity index (χ0v) is 18.3.